The van der Waals surface area contributed by atoms with Crippen molar-refractivity contribution in [3.05, 3.63) is 36.2 Å². The monoisotopic (exact) mass is 344 g/mol. The van der Waals surface area contributed by atoms with Crippen LogP contribution < -0.4 is 15.0 Å². The van der Waals surface area contributed by atoms with Crippen molar-refractivity contribution in [3.8, 4) is 5.75 Å². The third-order valence-corrected chi connectivity index (χ3v) is 4.09. The van der Waals surface area contributed by atoms with Gasteiger partial charge in [-0.15, -0.1) is 0 Å². The SMILES string of the molecule is CCOC(=O)c1ccn(C2CN(c3ccc(NC=O)c(OC)c3)C2)n1. The van der Waals surface area contributed by atoms with Gasteiger partial charge >= 0.3 is 5.97 Å². The first-order valence-electron chi connectivity index (χ1n) is 8.01. The van der Waals surface area contributed by atoms with Gasteiger partial charge in [0, 0.05) is 31.0 Å². The number of nitrogens with one attached hydrogen (secondary N) is 1. The second-order valence-electron chi connectivity index (χ2n) is 5.61. The van der Waals surface area contributed by atoms with Crippen molar-refractivity contribution in [1.82, 2.24) is 9.78 Å². The van der Waals surface area contributed by atoms with Gasteiger partial charge in [-0.2, -0.15) is 5.10 Å². The molecule has 0 spiro atoms. The van der Waals surface area contributed by atoms with E-state index in [1.807, 2.05) is 18.2 Å². The minimum Gasteiger partial charge on any atom is -0.494 e. The van der Waals surface area contributed by atoms with E-state index in [0.29, 0.717) is 30.1 Å². The minimum absolute atomic E-state index is 0.196. The molecule has 1 fully saturated rings. The summed E-state index contributed by atoms with van der Waals surface area (Å²) in [5, 5.41) is 6.90. The lowest BCUT2D eigenvalue weighted by Crippen LogP contribution is -2.48. The topological polar surface area (TPSA) is 85.7 Å². The van der Waals surface area contributed by atoms with Crippen LogP contribution in [0.2, 0.25) is 0 Å². The first kappa shape index (κ1) is 16.8. The number of carbonyl (C=O) groups excluding carboxylic acids is 2. The lowest BCUT2D eigenvalue weighted by Gasteiger charge is -2.41. The highest BCUT2D eigenvalue weighted by Crippen LogP contribution is 2.33. The Hall–Kier alpha value is -3.03. The van der Waals surface area contributed by atoms with Gasteiger partial charge in [-0.05, 0) is 25.1 Å². The van der Waals surface area contributed by atoms with Gasteiger partial charge in [0.1, 0.15) is 5.75 Å². The number of aromatic nitrogens is 2. The zero-order chi connectivity index (χ0) is 17.8. The number of esters is 1. The molecule has 1 aliphatic heterocycles. The van der Waals surface area contributed by atoms with E-state index in [1.165, 1.54) is 0 Å². The van der Waals surface area contributed by atoms with Crippen LogP contribution in [-0.4, -0.2) is 49.0 Å². The van der Waals surface area contributed by atoms with E-state index < -0.39 is 5.97 Å². The molecule has 1 aromatic heterocycles. The van der Waals surface area contributed by atoms with Crippen molar-refractivity contribution < 1.29 is 19.1 Å². The van der Waals surface area contributed by atoms with Gasteiger partial charge in [0.05, 0.1) is 25.4 Å². The number of anilines is 2. The lowest BCUT2D eigenvalue weighted by atomic mass is 10.1. The molecule has 2 aromatic rings. The second kappa shape index (κ2) is 7.25. The minimum atomic E-state index is -0.402. The number of rotatable bonds is 7. The maximum absolute atomic E-state index is 11.7. The summed E-state index contributed by atoms with van der Waals surface area (Å²) < 4.78 is 12.0. The van der Waals surface area contributed by atoms with Gasteiger partial charge in [0.15, 0.2) is 5.69 Å². The predicted molar refractivity (Wildman–Crippen MR) is 92.1 cm³/mol. The molecule has 0 aliphatic carbocycles. The van der Waals surface area contributed by atoms with Crippen molar-refractivity contribution in [2.24, 2.45) is 0 Å². The van der Waals surface area contributed by atoms with Crippen LogP contribution >= 0.6 is 0 Å². The van der Waals surface area contributed by atoms with Crippen LogP contribution in [0.4, 0.5) is 11.4 Å². The van der Waals surface area contributed by atoms with Gasteiger partial charge < -0.3 is 19.7 Å². The van der Waals surface area contributed by atoms with Gasteiger partial charge in [0.25, 0.3) is 0 Å². The second-order valence-corrected chi connectivity index (χ2v) is 5.61. The van der Waals surface area contributed by atoms with E-state index in [0.717, 1.165) is 18.8 Å². The average Bonchev–Trinajstić information content (AvgIpc) is 3.05. The summed E-state index contributed by atoms with van der Waals surface area (Å²) in [4.78, 5) is 24.4. The third kappa shape index (κ3) is 3.42. The van der Waals surface area contributed by atoms with Crippen molar-refractivity contribution in [3.63, 3.8) is 0 Å². The fraction of sp³-hybridized carbons (Fsp3) is 0.353. The molecule has 1 aliphatic rings. The smallest absolute Gasteiger partial charge is 0.358 e. The molecule has 2 heterocycles. The van der Waals surface area contributed by atoms with Crippen LogP contribution in [-0.2, 0) is 9.53 Å². The summed E-state index contributed by atoms with van der Waals surface area (Å²) >= 11 is 0. The van der Waals surface area contributed by atoms with Crippen LogP contribution in [0.3, 0.4) is 0 Å². The molecule has 8 heteroatoms. The zero-order valence-electron chi connectivity index (χ0n) is 14.1. The molecule has 25 heavy (non-hydrogen) atoms. The number of nitrogens with zero attached hydrogens (tertiary/aromatic N) is 3. The van der Waals surface area contributed by atoms with Crippen LogP contribution in [0.15, 0.2) is 30.5 Å². The molecule has 0 saturated carbocycles. The van der Waals surface area contributed by atoms with Gasteiger partial charge in [-0.25, -0.2) is 4.79 Å². The number of carbonyl (C=O) groups is 2. The number of benzene rings is 1. The van der Waals surface area contributed by atoms with Crippen molar-refractivity contribution >= 4 is 23.8 Å². The standard InChI is InChI=1S/C17H20N4O4/c1-3-25-17(23)15-6-7-21(19-15)13-9-20(10-13)12-4-5-14(18-11-22)16(8-12)24-2/h4-8,11,13H,3,9-10H2,1-2H3,(H,18,22). The summed E-state index contributed by atoms with van der Waals surface area (Å²) in [6, 6.07) is 7.49. The highest BCUT2D eigenvalue weighted by molar-refractivity contribution is 5.87. The number of hydrogen-bond donors (Lipinski definition) is 1. The van der Waals surface area contributed by atoms with Crippen LogP contribution in [0, 0.1) is 0 Å². The Kier molecular flexibility index (Phi) is 4.87. The summed E-state index contributed by atoms with van der Waals surface area (Å²) in [7, 11) is 1.56. The molecule has 0 radical (unpaired) electrons. The molecule has 1 N–H and O–H groups in total. The van der Waals surface area contributed by atoms with Gasteiger partial charge in [-0.3, -0.25) is 9.48 Å². The molecule has 8 nitrogen and oxygen atoms in total. The Labute approximate surface area is 145 Å². The molecule has 0 unspecified atom stereocenters. The number of hydrogen-bond acceptors (Lipinski definition) is 6. The van der Waals surface area contributed by atoms with Gasteiger partial charge in [0.2, 0.25) is 6.41 Å². The molecule has 0 bridgehead atoms. The Morgan fingerprint density at radius 3 is 2.88 bits per heavy atom. The van der Waals surface area contributed by atoms with Gasteiger partial charge in [-0.1, -0.05) is 0 Å². The van der Waals surface area contributed by atoms with E-state index in [9.17, 15) is 9.59 Å². The highest BCUT2D eigenvalue weighted by Gasteiger charge is 2.30. The number of methoxy groups -OCH3 is 1. The summed E-state index contributed by atoms with van der Waals surface area (Å²) in [5.74, 6) is 0.206. The molecular weight excluding hydrogens is 324 g/mol. The van der Waals surface area contributed by atoms with Crippen LogP contribution in [0.5, 0.6) is 5.75 Å². The molecule has 3 rings (SSSR count). The molecule has 1 amide bonds. The maximum Gasteiger partial charge on any atom is 0.358 e. The van der Waals surface area contributed by atoms with E-state index >= 15 is 0 Å². The predicted octanol–water partition coefficient (Wildman–Crippen LogP) is 1.70. The largest absolute Gasteiger partial charge is 0.494 e. The van der Waals surface area contributed by atoms with Crippen molar-refractivity contribution in [2.75, 3.05) is 37.0 Å². The first-order valence-corrected chi connectivity index (χ1v) is 8.01. The Balaban J connectivity index is 1.64. The average molecular weight is 344 g/mol. The summed E-state index contributed by atoms with van der Waals surface area (Å²) in [6.07, 6.45) is 2.42. The first-order chi connectivity index (χ1) is 12.2. The summed E-state index contributed by atoms with van der Waals surface area (Å²) in [5.41, 5.74) is 1.96. The quantitative estimate of drug-likeness (QED) is 0.608. The van der Waals surface area contributed by atoms with E-state index in [1.54, 1.807) is 31.0 Å². The van der Waals surface area contributed by atoms with E-state index in [2.05, 4.69) is 15.3 Å². The third-order valence-electron chi connectivity index (χ3n) is 4.09. The maximum atomic E-state index is 11.7. The van der Waals surface area contributed by atoms with Crippen LogP contribution in [0.1, 0.15) is 23.5 Å². The van der Waals surface area contributed by atoms with Crippen LogP contribution in [0.25, 0.3) is 0 Å². The number of ether oxygens (including phenoxy) is 2. The van der Waals surface area contributed by atoms with Crippen molar-refractivity contribution in [1.29, 1.82) is 0 Å². The lowest BCUT2D eigenvalue weighted by molar-refractivity contribution is -0.105. The van der Waals surface area contributed by atoms with Crippen molar-refractivity contribution in [2.45, 2.75) is 13.0 Å². The van der Waals surface area contributed by atoms with E-state index in [-0.39, 0.29) is 6.04 Å². The molecule has 1 saturated heterocycles. The highest BCUT2D eigenvalue weighted by atomic mass is 16.5. The molecule has 132 valence electrons. The fourth-order valence-corrected chi connectivity index (χ4v) is 2.75. The Bertz CT molecular complexity index is 768. The van der Waals surface area contributed by atoms with E-state index in [4.69, 9.17) is 9.47 Å². The Morgan fingerprint density at radius 1 is 1.40 bits per heavy atom. The molecule has 1 aromatic carbocycles. The molecular formula is C17H20N4O4. The number of amides is 1. The molecule has 0 atom stereocenters. The fourth-order valence-electron chi connectivity index (χ4n) is 2.75. The summed E-state index contributed by atoms with van der Waals surface area (Å²) in [6.45, 7) is 3.64. The normalized spacial score (nSPS) is 13.9. The Morgan fingerprint density at radius 2 is 2.20 bits per heavy atom. The zero-order valence-corrected chi connectivity index (χ0v) is 14.1.